The maximum atomic E-state index is 10.1. The number of nitrogens with zero attached hydrogens (tertiary/aromatic N) is 2. The summed E-state index contributed by atoms with van der Waals surface area (Å²) in [5.41, 5.74) is 3.20. The minimum absolute atomic E-state index is 0.380. The standard InChI is InChI=1S/C15H19BrN2O/c1-11-15(16)13(18(2)17-11)9-6-10-14(19)12-7-4-3-5-8-12/h3-5,7-8,14,19H,6,9-10H2,1-2H3. The van der Waals surface area contributed by atoms with Gasteiger partial charge in [-0.2, -0.15) is 5.10 Å². The van der Waals surface area contributed by atoms with Gasteiger partial charge in [0.2, 0.25) is 0 Å². The summed E-state index contributed by atoms with van der Waals surface area (Å²) in [7, 11) is 1.96. The molecule has 0 saturated heterocycles. The molecule has 1 heterocycles. The molecule has 3 nitrogen and oxygen atoms in total. The Morgan fingerprint density at radius 3 is 2.58 bits per heavy atom. The number of benzene rings is 1. The highest BCUT2D eigenvalue weighted by Crippen LogP contribution is 2.24. The fourth-order valence-corrected chi connectivity index (χ4v) is 2.79. The van der Waals surface area contributed by atoms with Gasteiger partial charge in [-0.05, 0) is 47.7 Å². The number of hydrogen-bond donors (Lipinski definition) is 1. The van der Waals surface area contributed by atoms with Crippen molar-refractivity contribution in [2.24, 2.45) is 7.05 Å². The second-order valence-corrected chi connectivity index (χ2v) is 5.58. The summed E-state index contributed by atoms with van der Waals surface area (Å²) in [5.74, 6) is 0. The molecule has 0 aliphatic carbocycles. The quantitative estimate of drug-likeness (QED) is 0.914. The van der Waals surface area contributed by atoms with Gasteiger partial charge in [0.1, 0.15) is 0 Å². The zero-order chi connectivity index (χ0) is 13.8. The average Bonchev–Trinajstić information content (AvgIpc) is 2.66. The highest BCUT2D eigenvalue weighted by Gasteiger charge is 2.12. The van der Waals surface area contributed by atoms with Crippen molar-refractivity contribution in [1.29, 1.82) is 0 Å². The number of aromatic nitrogens is 2. The molecule has 4 heteroatoms. The Bertz CT molecular complexity index is 537. The van der Waals surface area contributed by atoms with Crippen molar-refractivity contribution >= 4 is 15.9 Å². The second-order valence-electron chi connectivity index (χ2n) is 4.79. The predicted octanol–water partition coefficient (Wildman–Crippen LogP) is 3.55. The summed E-state index contributed by atoms with van der Waals surface area (Å²) in [4.78, 5) is 0. The normalized spacial score (nSPS) is 12.6. The monoisotopic (exact) mass is 322 g/mol. The molecular weight excluding hydrogens is 304 g/mol. The van der Waals surface area contributed by atoms with Crippen molar-refractivity contribution in [2.75, 3.05) is 0 Å². The first-order chi connectivity index (χ1) is 9.09. The summed E-state index contributed by atoms with van der Waals surface area (Å²) >= 11 is 3.57. The van der Waals surface area contributed by atoms with Crippen LogP contribution in [0.4, 0.5) is 0 Å². The van der Waals surface area contributed by atoms with E-state index in [1.807, 2.05) is 49.0 Å². The zero-order valence-corrected chi connectivity index (χ0v) is 12.9. The maximum absolute atomic E-state index is 10.1. The summed E-state index contributed by atoms with van der Waals surface area (Å²) in [5, 5.41) is 14.5. The minimum Gasteiger partial charge on any atom is -0.388 e. The molecule has 19 heavy (non-hydrogen) atoms. The molecule has 2 aromatic rings. The van der Waals surface area contributed by atoms with Crippen molar-refractivity contribution in [1.82, 2.24) is 9.78 Å². The van der Waals surface area contributed by atoms with E-state index in [9.17, 15) is 5.11 Å². The predicted molar refractivity (Wildman–Crippen MR) is 80.0 cm³/mol. The SMILES string of the molecule is Cc1nn(C)c(CCCC(O)c2ccccc2)c1Br. The topological polar surface area (TPSA) is 38.0 Å². The first-order valence-electron chi connectivity index (χ1n) is 6.50. The Balaban J connectivity index is 1.90. The number of halogens is 1. The number of aryl methyl sites for hydroxylation is 2. The highest BCUT2D eigenvalue weighted by atomic mass is 79.9. The van der Waals surface area contributed by atoms with Crippen molar-refractivity contribution in [2.45, 2.75) is 32.3 Å². The lowest BCUT2D eigenvalue weighted by Gasteiger charge is -2.10. The summed E-state index contributed by atoms with van der Waals surface area (Å²) < 4.78 is 3.00. The van der Waals surface area contributed by atoms with Gasteiger partial charge < -0.3 is 5.11 Å². The van der Waals surface area contributed by atoms with Crippen LogP contribution in [0, 0.1) is 6.92 Å². The second kappa shape index (κ2) is 6.35. The molecule has 0 saturated carbocycles. The highest BCUT2D eigenvalue weighted by molar-refractivity contribution is 9.10. The van der Waals surface area contributed by atoms with E-state index in [-0.39, 0.29) is 6.10 Å². The van der Waals surface area contributed by atoms with Gasteiger partial charge >= 0.3 is 0 Å². The van der Waals surface area contributed by atoms with E-state index >= 15 is 0 Å². The van der Waals surface area contributed by atoms with E-state index in [0.717, 1.165) is 35.0 Å². The van der Waals surface area contributed by atoms with E-state index in [2.05, 4.69) is 21.0 Å². The van der Waals surface area contributed by atoms with Crippen LogP contribution in [0.1, 0.15) is 35.9 Å². The van der Waals surface area contributed by atoms with Crippen molar-refractivity contribution in [3.05, 3.63) is 51.8 Å². The van der Waals surface area contributed by atoms with Gasteiger partial charge in [0, 0.05) is 7.05 Å². The van der Waals surface area contributed by atoms with Crippen molar-refractivity contribution in [3.8, 4) is 0 Å². The van der Waals surface area contributed by atoms with E-state index in [0.29, 0.717) is 0 Å². The van der Waals surface area contributed by atoms with Gasteiger partial charge in [0.15, 0.2) is 0 Å². The first kappa shape index (κ1) is 14.3. The van der Waals surface area contributed by atoms with E-state index in [1.54, 1.807) is 0 Å². The van der Waals surface area contributed by atoms with E-state index in [1.165, 1.54) is 5.69 Å². The summed E-state index contributed by atoms with van der Waals surface area (Å²) in [6.07, 6.45) is 2.24. The van der Waals surface area contributed by atoms with Crippen LogP contribution < -0.4 is 0 Å². The molecule has 0 bridgehead atoms. The van der Waals surface area contributed by atoms with Crippen LogP contribution in [-0.2, 0) is 13.5 Å². The molecule has 1 N–H and O–H groups in total. The molecule has 0 fully saturated rings. The lowest BCUT2D eigenvalue weighted by molar-refractivity contribution is 0.164. The van der Waals surface area contributed by atoms with Gasteiger partial charge in [-0.15, -0.1) is 0 Å². The lowest BCUT2D eigenvalue weighted by atomic mass is 10.0. The molecule has 1 unspecified atom stereocenters. The Hall–Kier alpha value is -1.13. The Morgan fingerprint density at radius 1 is 1.32 bits per heavy atom. The van der Waals surface area contributed by atoms with Crippen LogP contribution in [0.15, 0.2) is 34.8 Å². The van der Waals surface area contributed by atoms with Crippen LogP contribution >= 0.6 is 15.9 Å². The minimum atomic E-state index is -0.380. The van der Waals surface area contributed by atoms with Crippen LogP contribution in [0.25, 0.3) is 0 Å². The number of aliphatic hydroxyl groups is 1. The van der Waals surface area contributed by atoms with Crippen LogP contribution in [-0.4, -0.2) is 14.9 Å². The van der Waals surface area contributed by atoms with Gasteiger partial charge in [-0.1, -0.05) is 30.3 Å². The molecule has 1 atom stereocenters. The third-order valence-electron chi connectivity index (χ3n) is 3.34. The molecule has 1 aromatic carbocycles. The first-order valence-corrected chi connectivity index (χ1v) is 7.30. The molecule has 0 amide bonds. The number of rotatable bonds is 5. The maximum Gasteiger partial charge on any atom is 0.0790 e. The van der Waals surface area contributed by atoms with Crippen molar-refractivity contribution in [3.63, 3.8) is 0 Å². The van der Waals surface area contributed by atoms with Gasteiger partial charge in [0.25, 0.3) is 0 Å². The molecule has 0 radical (unpaired) electrons. The largest absolute Gasteiger partial charge is 0.388 e. The molecule has 102 valence electrons. The fraction of sp³-hybridized carbons (Fsp3) is 0.400. The summed E-state index contributed by atoms with van der Waals surface area (Å²) in [6.45, 7) is 1.99. The third kappa shape index (κ3) is 3.45. The molecule has 0 aliphatic rings. The molecule has 1 aromatic heterocycles. The van der Waals surface area contributed by atoms with E-state index in [4.69, 9.17) is 0 Å². The Kier molecular flexibility index (Phi) is 4.77. The molecule has 0 spiro atoms. The van der Waals surface area contributed by atoms with Gasteiger partial charge in [-0.25, -0.2) is 0 Å². The summed E-state index contributed by atoms with van der Waals surface area (Å²) in [6, 6.07) is 9.81. The molecule has 2 rings (SSSR count). The number of aliphatic hydroxyl groups excluding tert-OH is 1. The van der Waals surface area contributed by atoms with E-state index < -0.39 is 0 Å². The van der Waals surface area contributed by atoms with Crippen LogP contribution in [0.2, 0.25) is 0 Å². The Labute approximate surface area is 122 Å². The van der Waals surface area contributed by atoms with Crippen LogP contribution in [0.5, 0.6) is 0 Å². The smallest absolute Gasteiger partial charge is 0.0790 e. The van der Waals surface area contributed by atoms with Crippen molar-refractivity contribution < 1.29 is 5.11 Å². The lowest BCUT2D eigenvalue weighted by Crippen LogP contribution is -2.02. The Morgan fingerprint density at radius 2 is 2.00 bits per heavy atom. The van der Waals surface area contributed by atoms with Gasteiger partial charge in [0.05, 0.1) is 22.0 Å². The molecule has 0 aliphatic heterocycles. The third-order valence-corrected chi connectivity index (χ3v) is 4.37. The van der Waals surface area contributed by atoms with Crippen LogP contribution in [0.3, 0.4) is 0 Å². The average molecular weight is 323 g/mol. The number of hydrogen-bond acceptors (Lipinski definition) is 2. The fourth-order valence-electron chi connectivity index (χ4n) is 2.26. The zero-order valence-electron chi connectivity index (χ0n) is 11.3. The van der Waals surface area contributed by atoms with Gasteiger partial charge in [-0.3, -0.25) is 4.68 Å². The molecular formula is C15H19BrN2O.